The van der Waals surface area contributed by atoms with Crippen LogP contribution in [0.1, 0.15) is 50.4 Å². The van der Waals surface area contributed by atoms with E-state index in [-0.39, 0.29) is 0 Å². The van der Waals surface area contributed by atoms with E-state index in [1.807, 2.05) is 11.7 Å². The minimum atomic E-state index is 0.356. The molecule has 104 valence electrons. The molecule has 1 N–H and O–H groups in total. The van der Waals surface area contributed by atoms with Crippen molar-refractivity contribution >= 4 is 0 Å². The number of aromatic nitrogens is 2. The van der Waals surface area contributed by atoms with E-state index in [1.165, 1.54) is 18.4 Å². The van der Waals surface area contributed by atoms with E-state index in [1.54, 1.807) is 0 Å². The molecule has 0 bridgehead atoms. The van der Waals surface area contributed by atoms with Crippen LogP contribution in [0.5, 0.6) is 0 Å². The third-order valence-electron chi connectivity index (χ3n) is 3.08. The van der Waals surface area contributed by atoms with Crippen molar-refractivity contribution in [3.8, 4) is 0 Å². The maximum Gasteiger partial charge on any atom is 0.0641 e. The van der Waals surface area contributed by atoms with Crippen LogP contribution in [-0.4, -0.2) is 29.5 Å². The molecule has 0 fully saturated rings. The molecular weight excluding hydrogens is 226 g/mol. The number of hydrogen-bond donors (Lipinski definition) is 1. The van der Waals surface area contributed by atoms with Gasteiger partial charge in [-0.05, 0) is 33.2 Å². The second kappa shape index (κ2) is 8.27. The van der Waals surface area contributed by atoms with Gasteiger partial charge in [-0.15, -0.1) is 0 Å². The summed E-state index contributed by atoms with van der Waals surface area (Å²) >= 11 is 0. The van der Waals surface area contributed by atoms with Gasteiger partial charge < -0.3 is 10.1 Å². The molecule has 4 heteroatoms. The largest absolute Gasteiger partial charge is 0.381 e. The van der Waals surface area contributed by atoms with Gasteiger partial charge in [0, 0.05) is 38.1 Å². The molecule has 1 aromatic heterocycles. The Bertz CT molecular complexity index is 336. The van der Waals surface area contributed by atoms with Gasteiger partial charge in [-0.2, -0.15) is 5.10 Å². The van der Waals surface area contributed by atoms with E-state index in [0.29, 0.717) is 6.04 Å². The van der Waals surface area contributed by atoms with E-state index >= 15 is 0 Å². The van der Waals surface area contributed by atoms with Gasteiger partial charge in [-0.25, -0.2) is 0 Å². The lowest BCUT2D eigenvalue weighted by molar-refractivity contribution is 0.128. The van der Waals surface area contributed by atoms with E-state index in [2.05, 4.69) is 37.4 Å². The molecule has 0 saturated carbocycles. The van der Waals surface area contributed by atoms with Gasteiger partial charge in [0.25, 0.3) is 0 Å². The molecule has 0 aliphatic rings. The van der Waals surface area contributed by atoms with E-state index < -0.39 is 0 Å². The molecule has 1 aromatic rings. The van der Waals surface area contributed by atoms with Gasteiger partial charge in [-0.1, -0.05) is 13.3 Å². The molecule has 1 atom stereocenters. The highest BCUT2D eigenvalue weighted by Gasteiger charge is 2.10. The van der Waals surface area contributed by atoms with Crippen molar-refractivity contribution in [3.63, 3.8) is 0 Å². The van der Waals surface area contributed by atoms with E-state index in [9.17, 15) is 0 Å². The van der Waals surface area contributed by atoms with Crippen LogP contribution in [0.4, 0.5) is 0 Å². The van der Waals surface area contributed by atoms with Crippen molar-refractivity contribution in [3.05, 3.63) is 17.5 Å². The Balaban J connectivity index is 2.14. The molecule has 0 aliphatic carbocycles. The summed E-state index contributed by atoms with van der Waals surface area (Å²) in [6.45, 7) is 9.16. The number of hydrogen-bond acceptors (Lipinski definition) is 3. The Morgan fingerprint density at radius 1 is 1.39 bits per heavy atom. The van der Waals surface area contributed by atoms with Gasteiger partial charge in [-0.3, -0.25) is 4.68 Å². The van der Waals surface area contributed by atoms with Crippen LogP contribution in [0.3, 0.4) is 0 Å². The number of nitrogens with one attached hydrogen (secondary N) is 1. The molecule has 1 heterocycles. The zero-order valence-electron chi connectivity index (χ0n) is 12.2. The Morgan fingerprint density at radius 2 is 2.11 bits per heavy atom. The standard InChI is InChI=1S/C14H27N3O/c1-5-6-9-18-10-7-8-15-12(2)14-11-17(4)16-13(14)3/h11-12,15H,5-10H2,1-4H3. The predicted octanol–water partition coefficient (Wildman–Crippen LogP) is 2.59. The van der Waals surface area contributed by atoms with Crippen LogP contribution in [0.25, 0.3) is 0 Å². The Kier molecular flexibility index (Phi) is 6.98. The topological polar surface area (TPSA) is 39.1 Å². The average Bonchev–Trinajstić information content (AvgIpc) is 2.67. The zero-order valence-corrected chi connectivity index (χ0v) is 12.2. The quantitative estimate of drug-likeness (QED) is 0.688. The molecule has 0 aromatic carbocycles. The fourth-order valence-corrected chi connectivity index (χ4v) is 1.99. The molecule has 0 saturated heterocycles. The minimum absolute atomic E-state index is 0.356. The SMILES string of the molecule is CCCCOCCCNC(C)c1cn(C)nc1C. The average molecular weight is 253 g/mol. The molecule has 1 rings (SSSR count). The normalized spacial score (nSPS) is 12.9. The Labute approximate surface area is 111 Å². The Morgan fingerprint density at radius 3 is 2.72 bits per heavy atom. The fraction of sp³-hybridized carbons (Fsp3) is 0.786. The zero-order chi connectivity index (χ0) is 13.4. The predicted molar refractivity (Wildman–Crippen MR) is 74.7 cm³/mol. The lowest BCUT2D eigenvalue weighted by Gasteiger charge is -2.13. The first-order valence-electron chi connectivity index (χ1n) is 6.96. The first-order valence-corrected chi connectivity index (χ1v) is 6.96. The number of unbranched alkanes of at least 4 members (excludes halogenated alkanes) is 1. The van der Waals surface area contributed by atoms with Gasteiger partial charge in [0.2, 0.25) is 0 Å². The third-order valence-corrected chi connectivity index (χ3v) is 3.08. The maximum atomic E-state index is 5.53. The van der Waals surface area contributed by atoms with Gasteiger partial charge in [0.1, 0.15) is 0 Å². The summed E-state index contributed by atoms with van der Waals surface area (Å²) < 4.78 is 7.40. The maximum absolute atomic E-state index is 5.53. The molecule has 0 radical (unpaired) electrons. The molecule has 4 nitrogen and oxygen atoms in total. The summed E-state index contributed by atoms with van der Waals surface area (Å²) in [5.41, 5.74) is 2.39. The monoisotopic (exact) mass is 253 g/mol. The van der Waals surface area contributed by atoms with Crippen LogP contribution >= 0.6 is 0 Å². The van der Waals surface area contributed by atoms with E-state index in [4.69, 9.17) is 4.74 Å². The summed E-state index contributed by atoms with van der Waals surface area (Å²) in [6.07, 6.45) is 5.52. The number of nitrogens with zero attached hydrogens (tertiary/aromatic N) is 2. The molecule has 0 amide bonds. The molecule has 0 spiro atoms. The highest BCUT2D eigenvalue weighted by Crippen LogP contribution is 2.15. The van der Waals surface area contributed by atoms with Crippen molar-refractivity contribution < 1.29 is 4.74 Å². The van der Waals surface area contributed by atoms with Gasteiger partial charge in [0.15, 0.2) is 0 Å². The van der Waals surface area contributed by atoms with Crippen molar-refractivity contribution in [2.75, 3.05) is 19.8 Å². The minimum Gasteiger partial charge on any atom is -0.381 e. The second-order valence-electron chi connectivity index (χ2n) is 4.84. The van der Waals surface area contributed by atoms with Crippen molar-refractivity contribution in [2.45, 2.75) is 46.1 Å². The van der Waals surface area contributed by atoms with Crippen LogP contribution in [0.2, 0.25) is 0 Å². The summed E-state index contributed by atoms with van der Waals surface area (Å²) in [4.78, 5) is 0. The molecule has 18 heavy (non-hydrogen) atoms. The number of rotatable bonds is 9. The highest BCUT2D eigenvalue weighted by molar-refractivity contribution is 5.19. The van der Waals surface area contributed by atoms with Crippen LogP contribution in [0, 0.1) is 6.92 Å². The van der Waals surface area contributed by atoms with Crippen LogP contribution in [-0.2, 0) is 11.8 Å². The van der Waals surface area contributed by atoms with E-state index in [0.717, 1.165) is 31.9 Å². The van der Waals surface area contributed by atoms with Crippen molar-refractivity contribution in [1.82, 2.24) is 15.1 Å². The smallest absolute Gasteiger partial charge is 0.0641 e. The molecule has 1 unspecified atom stereocenters. The first-order chi connectivity index (χ1) is 8.65. The fourth-order valence-electron chi connectivity index (χ4n) is 1.99. The lowest BCUT2D eigenvalue weighted by Crippen LogP contribution is -2.21. The summed E-state index contributed by atoms with van der Waals surface area (Å²) in [5, 5.41) is 7.87. The second-order valence-corrected chi connectivity index (χ2v) is 4.84. The summed E-state index contributed by atoms with van der Waals surface area (Å²) in [6, 6.07) is 0.356. The highest BCUT2D eigenvalue weighted by atomic mass is 16.5. The first kappa shape index (κ1) is 15.2. The lowest BCUT2D eigenvalue weighted by atomic mass is 10.1. The molecular formula is C14H27N3O. The van der Waals surface area contributed by atoms with Crippen LogP contribution in [0.15, 0.2) is 6.20 Å². The molecule has 0 aliphatic heterocycles. The van der Waals surface area contributed by atoms with Gasteiger partial charge in [0.05, 0.1) is 5.69 Å². The summed E-state index contributed by atoms with van der Waals surface area (Å²) in [7, 11) is 1.96. The van der Waals surface area contributed by atoms with Crippen molar-refractivity contribution in [2.24, 2.45) is 7.05 Å². The number of ether oxygens (including phenoxy) is 1. The summed E-state index contributed by atoms with van der Waals surface area (Å²) in [5.74, 6) is 0. The van der Waals surface area contributed by atoms with Gasteiger partial charge >= 0.3 is 0 Å². The third kappa shape index (κ3) is 5.19. The van der Waals surface area contributed by atoms with Crippen LogP contribution < -0.4 is 5.32 Å². The Hall–Kier alpha value is -0.870. The number of aryl methyl sites for hydroxylation is 2. The van der Waals surface area contributed by atoms with Crippen molar-refractivity contribution in [1.29, 1.82) is 0 Å².